The largest absolute Gasteiger partial charge is 0.508 e. The van der Waals surface area contributed by atoms with Crippen LogP contribution in [0.3, 0.4) is 0 Å². The molecule has 1 atom stereocenters. The number of piperidine rings is 1. The first-order chi connectivity index (χ1) is 18.3. The molecular formula is C29H37FN6O2. The molecule has 0 unspecified atom stereocenters. The standard InChI is InChI=1S/C29H37FN6O2/c1-19-13-20(15-21(37)14-19)24-23(30)25-22(16-32-24)26(35-10-4-7-28(2,17-35)31-3)34-27(33-25)38-18-29-8-5-11-36(29)12-6-9-29/h13-16,31,37H,4-12,17-18H2,1-3H3/t28-/m1/s1. The molecule has 0 aliphatic carbocycles. The van der Waals surface area contributed by atoms with Gasteiger partial charge in [0.2, 0.25) is 0 Å². The molecule has 3 saturated heterocycles. The van der Waals surface area contributed by atoms with Crippen molar-refractivity contribution in [1.82, 2.24) is 25.2 Å². The Morgan fingerprint density at radius 1 is 1.08 bits per heavy atom. The van der Waals surface area contributed by atoms with E-state index in [0.29, 0.717) is 23.4 Å². The number of aromatic hydroxyl groups is 1. The third-order valence-electron chi connectivity index (χ3n) is 8.86. The maximum absolute atomic E-state index is 16.2. The van der Waals surface area contributed by atoms with Crippen molar-refractivity contribution < 1.29 is 14.2 Å². The van der Waals surface area contributed by atoms with Gasteiger partial charge in [-0.2, -0.15) is 9.97 Å². The number of pyridine rings is 1. The Morgan fingerprint density at radius 2 is 1.84 bits per heavy atom. The molecule has 3 aromatic rings. The molecule has 0 radical (unpaired) electrons. The third-order valence-corrected chi connectivity index (χ3v) is 8.86. The van der Waals surface area contributed by atoms with Gasteiger partial charge >= 0.3 is 6.01 Å². The number of nitrogens with one attached hydrogen (secondary N) is 1. The first-order valence-corrected chi connectivity index (χ1v) is 13.8. The number of hydrogen-bond acceptors (Lipinski definition) is 8. The summed E-state index contributed by atoms with van der Waals surface area (Å²) in [6.45, 7) is 8.34. The monoisotopic (exact) mass is 520 g/mol. The quantitative estimate of drug-likeness (QED) is 0.494. The number of hydrogen-bond donors (Lipinski definition) is 2. The molecular weight excluding hydrogens is 483 g/mol. The van der Waals surface area contributed by atoms with Gasteiger partial charge in [-0.1, -0.05) is 0 Å². The zero-order valence-corrected chi connectivity index (χ0v) is 22.6. The van der Waals surface area contributed by atoms with Crippen molar-refractivity contribution >= 4 is 16.7 Å². The van der Waals surface area contributed by atoms with E-state index in [9.17, 15) is 5.11 Å². The van der Waals surface area contributed by atoms with Crippen LogP contribution < -0.4 is 15.0 Å². The van der Waals surface area contributed by atoms with Crippen LogP contribution in [0.5, 0.6) is 11.8 Å². The fourth-order valence-corrected chi connectivity index (χ4v) is 6.71. The fraction of sp³-hybridized carbons (Fsp3) is 0.552. The SMILES string of the molecule is CN[C@]1(C)CCCN(c2nc(OCC34CCCN3CCC4)nc3c(F)c(-c4cc(C)cc(O)c4)ncc23)C1. The zero-order valence-electron chi connectivity index (χ0n) is 22.6. The Balaban J connectivity index is 1.44. The summed E-state index contributed by atoms with van der Waals surface area (Å²) in [5.74, 6) is 0.199. The minimum atomic E-state index is -0.532. The smallest absolute Gasteiger partial charge is 0.319 e. The lowest BCUT2D eigenvalue weighted by atomic mass is 9.91. The molecule has 2 N–H and O–H groups in total. The van der Waals surface area contributed by atoms with Crippen LogP contribution in [0.2, 0.25) is 0 Å². The van der Waals surface area contributed by atoms with Crippen LogP contribution >= 0.6 is 0 Å². The number of phenols is 1. The van der Waals surface area contributed by atoms with E-state index in [1.807, 2.05) is 20.0 Å². The summed E-state index contributed by atoms with van der Waals surface area (Å²) >= 11 is 0. The van der Waals surface area contributed by atoms with Crippen molar-refractivity contribution in [1.29, 1.82) is 0 Å². The summed E-state index contributed by atoms with van der Waals surface area (Å²) in [6.07, 6.45) is 8.28. The molecule has 2 aromatic heterocycles. The second-order valence-electron chi connectivity index (χ2n) is 11.6. The van der Waals surface area contributed by atoms with Crippen molar-refractivity contribution in [2.75, 3.05) is 44.7 Å². The summed E-state index contributed by atoms with van der Waals surface area (Å²) in [7, 11) is 1.98. The lowest BCUT2D eigenvalue weighted by molar-refractivity contribution is 0.108. The number of nitrogens with zero attached hydrogens (tertiary/aromatic N) is 5. The Bertz CT molecular complexity index is 1340. The first-order valence-electron chi connectivity index (χ1n) is 13.8. The lowest BCUT2D eigenvalue weighted by Crippen LogP contribution is -2.54. The first kappa shape index (κ1) is 25.2. The molecule has 3 fully saturated rings. The summed E-state index contributed by atoms with van der Waals surface area (Å²) in [6, 6.07) is 5.19. The number of anilines is 1. The van der Waals surface area contributed by atoms with E-state index in [0.717, 1.165) is 57.4 Å². The molecule has 8 nitrogen and oxygen atoms in total. The van der Waals surface area contributed by atoms with Crippen LogP contribution in [0.15, 0.2) is 24.4 Å². The molecule has 9 heteroatoms. The Kier molecular flexibility index (Phi) is 6.39. The van der Waals surface area contributed by atoms with Crippen LogP contribution in [-0.4, -0.2) is 75.9 Å². The van der Waals surface area contributed by atoms with Crippen molar-refractivity contribution in [3.63, 3.8) is 0 Å². The number of aryl methyl sites for hydroxylation is 1. The van der Waals surface area contributed by atoms with Crippen LogP contribution in [0.4, 0.5) is 10.2 Å². The molecule has 0 bridgehead atoms. The van der Waals surface area contributed by atoms with Gasteiger partial charge in [0.25, 0.3) is 0 Å². The molecule has 0 saturated carbocycles. The van der Waals surface area contributed by atoms with E-state index in [4.69, 9.17) is 9.72 Å². The van der Waals surface area contributed by atoms with Gasteiger partial charge in [0.05, 0.1) is 10.9 Å². The van der Waals surface area contributed by atoms with Crippen LogP contribution in [0, 0.1) is 12.7 Å². The molecule has 6 rings (SSSR count). The molecule has 38 heavy (non-hydrogen) atoms. The second kappa shape index (κ2) is 9.61. The highest BCUT2D eigenvalue weighted by Gasteiger charge is 2.45. The predicted octanol–water partition coefficient (Wildman–Crippen LogP) is 4.43. The van der Waals surface area contributed by atoms with Crippen molar-refractivity contribution in [2.24, 2.45) is 0 Å². The van der Waals surface area contributed by atoms with E-state index in [1.54, 1.807) is 12.3 Å². The van der Waals surface area contributed by atoms with E-state index >= 15 is 4.39 Å². The van der Waals surface area contributed by atoms with Crippen LogP contribution in [-0.2, 0) is 0 Å². The van der Waals surface area contributed by atoms with Gasteiger partial charge < -0.3 is 20.1 Å². The maximum Gasteiger partial charge on any atom is 0.319 e. The summed E-state index contributed by atoms with van der Waals surface area (Å²) in [5.41, 5.74) is 1.65. The average Bonchev–Trinajstić information content (AvgIpc) is 3.47. The van der Waals surface area contributed by atoms with E-state index < -0.39 is 5.82 Å². The molecule has 3 aliphatic rings. The van der Waals surface area contributed by atoms with E-state index in [1.165, 1.54) is 18.9 Å². The molecule has 3 aliphatic heterocycles. The molecule has 0 spiro atoms. The average molecular weight is 521 g/mol. The molecule has 0 amide bonds. The zero-order chi connectivity index (χ0) is 26.5. The van der Waals surface area contributed by atoms with Crippen molar-refractivity contribution in [3.05, 3.63) is 35.8 Å². The minimum absolute atomic E-state index is 0.0371. The number of ether oxygens (including phenoxy) is 1. The number of fused-ring (bicyclic) bond motifs is 2. The molecule has 1 aromatic carbocycles. The van der Waals surface area contributed by atoms with Crippen LogP contribution in [0.25, 0.3) is 22.2 Å². The highest BCUT2D eigenvalue weighted by atomic mass is 19.1. The highest BCUT2D eigenvalue weighted by Crippen LogP contribution is 2.40. The fourth-order valence-electron chi connectivity index (χ4n) is 6.71. The summed E-state index contributed by atoms with van der Waals surface area (Å²) in [4.78, 5) is 18.7. The van der Waals surface area contributed by atoms with Crippen molar-refractivity contribution in [2.45, 2.75) is 63.5 Å². The number of benzene rings is 1. The molecule has 5 heterocycles. The Hall–Kier alpha value is -3.04. The maximum atomic E-state index is 16.2. The Morgan fingerprint density at radius 3 is 2.58 bits per heavy atom. The van der Waals surface area contributed by atoms with Crippen molar-refractivity contribution in [3.8, 4) is 23.0 Å². The molecule has 202 valence electrons. The highest BCUT2D eigenvalue weighted by molar-refractivity contribution is 5.92. The normalized spacial score (nSPS) is 23.2. The number of phenolic OH excluding ortho intramolecular Hbond substituents is 1. The van der Waals surface area contributed by atoms with Gasteiger partial charge in [-0.05, 0) is 96.3 Å². The van der Waals surface area contributed by atoms with E-state index in [-0.39, 0.29) is 34.0 Å². The number of aromatic nitrogens is 3. The summed E-state index contributed by atoms with van der Waals surface area (Å²) in [5, 5.41) is 14.1. The second-order valence-corrected chi connectivity index (χ2v) is 11.6. The van der Waals surface area contributed by atoms with Gasteiger partial charge in [0.1, 0.15) is 29.4 Å². The van der Waals surface area contributed by atoms with Gasteiger partial charge in [-0.3, -0.25) is 9.88 Å². The van der Waals surface area contributed by atoms with Gasteiger partial charge in [-0.25, -0.2) is 4.39 Å². The number of likely N-dealkylation sites (N-methyl/N-ethyl adjacent to an activating group) is 1. The minimum Gasteiger partial charge on any atom is -0.508 e. The van der Waals surface area contributed by atoms with Gasteiger partial charge in [0.15, 0.2) is 5.82 Å². The number of halogens is 1. The number of rotatable bonds is 6. The van der Waals surface area contributed by atoms with E-state index in [2.05, 4.69) is 32.0 Å². The topological polar surface area (TPSA) is 86.6 Å². The Labute approximate surface area is 223 Å². The van der Waals surface area contributed by atoms with Crippen LogP contribution in [0.1, 0.15) is 51.0 Å². The predicted molar refractivity (Wildman–Crippen MR) is 146 cm³/mol. The van der Waals surface area contributed by atoms with Gasteiger partial charge in [0, 0.05) is 30.4 Å². The third kappa shape index (κ3) is 4.45. The lowest BCUT2D eigenvalue weighted by Gasteiger charge is -2.41. The van der Waals surface area contributed by atoms with Gasteiger partial charge in [-0.15, -0.1) is 0 Å². The summed E-state index contributed by atoms with van der Waals surface area (Å²) < 4.78 is 22.5.